The van der Waals surface area contributed by atoms with Crippen LogP contribution in [0.3, 0.4) is 0 Å². The summed E-state index contributed by atoms with van der Waals surface area (Å²) >= 11 is 12.0. The Morgan fingerprint density at radius 1 is 1.29 bits per heavy atom. The van der Waals surface area contributed by atoms with Gasteiger partial charge in [0.25, 0.3) is 16.0 Å². The fraction of sp³-hybridized carbons (Fsp3) is 0.636. The smallest absolute Gasteiger partial charge is 0.333 e. The number of rotatable bonds is 1. The summed E-state index contributed by atoms with van der Waals surface area (Å²) in [5.74, 6) is -0.877. The second-order valence-electron chi connectivity index (χ2n) is 4.64. The topological polar surface area (TPSA) is 46.6 Å². The molecule has 2 aliphatic heterocycles. The van der Waals surface area contributed by atoms with Gasteiger partial charge in [0.15, 0.2) is 0 Å². The monoisotopic (exact) mass is 275 g/mol. The Kier molecular flexibility index (Phi) is 2.26. The highest BCUT2D eigenvalue weighted by molar-refractivity contribution is 6.61. The van der Waals surface area contributed by atoms with Crippen LogP contribution in [-0.2, 0) is 14.3 Å². The zero-order chi connectivity index (χ0) is 12.3. The summed E-state index contributed by atoms with van der Waals surface area (Å²) in [6.45, 7) is 0. The number of halogens is 2. The van der Waals surface area contributed by atoms with E-state index >= 15 is 0 Å². The lowest BCUT2D eigenvalue weighted by Gasteiger charge is -2.56. The molecule has 6 heteroatoms. The predicted octanol–water partition coefficient (Wildman–Crippen LogP) is 1.75. The van der Waals surface area contributed by atoms with Crippen molar-refractivity contribution in [3.63, 3.8) is 0 Å². The maximum atomic E-state index is 12.0. The van der Waals surface area contributed by atoms with Crippen LogP contribution in [0.5, 0.6) is 0 Å². The minimum Gasteiger partial charge on any atom is -0.428 e. The van der Waals surface area contributed by atoms with Crippen molar-refractivity contribution in [2.75, 3.05) is 0 Å². The van der Waals surface area contributed by atoms with E-state index in [4.69, 9.17) is 27.9 Å². The third-order valence-electron chi connectivity index (χ3n) is 3.69. The average Bonchev–Trinajstić information content (AvgIpc) is 2.90. The molecule has 4 nitrogen and oxygen atoms in total. The van der Waals surface area contributed by atoms with E-state index in [0.29, 0.717) is 0 Å². The second kappa shape index (κ2) is 3.39. The fourth-order valence-corrected chi connectivity index (χ4v) is 3.42. The molecule has 1 aliphatic carbocycles. The third kappa shape index (κ3) is 1.25. The number of carbonyl (C=O) groups excluding carboxylic acids is 2. The van der Waals surface area contributed by atoms with Crippen LogP contribution < -0.4 is 0 Å². The molecule has 0 aromatic heterocycles. The van der Waals surface area contributed by atoms with Crippen LogP contribution in [0.1, 0.15) is 25.7 Å². The maximum Gasteiger partial charge on any atom is 0.333 e. The molecule has 1 spiro atoms. The lowest BCUT2D eigenvalue weighted by molar-refractivity contribution is -0.207. The van der Waals surface area contributed by atoms with Crippen LogP contribution in [0, 0.1) is 0 Å². The lowest BCUT2D eigenvalue weighted by Crippen LogP contribution is -2.79. The van der Waals surface area contributed by atoms with Gasteiger partial charge in [-0.2, -0.15) is 0 Å². The second-order valence-corrected chi connectivity index (χ2v) is 5.97. The molecule has 0 N–H and O–H groups in total. The zero-order valence-corrected chi connectivity index (χ0v) is 10.5. The van der Waals surface area contributed by atoms with E-state index in [0.717, 1.165) is 25.7 Å². The van der Waals surface area contributed by atoms with Crippen LogP contribution >= 0.6 is 23.2 Å². The molecular weight excluding hydrogens is 265 g/mol. The van der Waals surface area contributed by atoms with E-state index in [-0.39, 0.29) is 11.9 Å². The number of β-lactam (4-membered cyclic amide) rings is 1. The number of likely N-dealkylation sites (tertiary alicyclic amines) is 1. The zero-order valence-electron chi connectivity index (χ0n) is 8.99. The Morgan fingerprint density at radius 2 is 1.94 bits per heavy atom. The van der Waals surface area contributed by atoms with Crippen LogP contribution in [0.4, 0.5) is 0 Å². The standard InChI is InChI=1S/C11H11Cl2NO3/c12-11(13)9(16)14(7-3-1-2-4-7)10(11)6-5-8(15)17-10/h5-7H,1-4H2. The van der Waals surface area contributed by atoms with Crippen molar-refractivity contribution in [2.45, 2.75) is 41.8 Å². The van der Waals surface area contributed by atoms with Crippen molar-refractivity contribution in [3.8, 4) is 0 Å². The van der Waals surface area contributed by atoms with Gasteiger partial charge in [-0.05, 0) is 18.9 Å². The van der Waals surface area contributed by atoms with Crippen molar-refractivity contribution in [3.05, 3.63) is 12.2 Å². The summed E-state index contributed by atoms with van der Waals surface area (Å²) in [7, 11) is 0. The van der Waals surface area contributed by atoms with E-state index < -0.39 is 16.0 Å². The van der Waals surface area contributed by atoms with Crippen molar-refractivity contribution < 1.29 is 14.3 Å². The molecule has 0 bridgehead atoms. The minimum absolute atomic E-state index is 0.0728. The van der Waals surface area contributed by atoms with Gasteiger partial charge in [0.05, 0.1) is 0 Å². The molecule has 1 saturated carbocycles. The van der Waals surface area contributed by atoms with E-state index in [1.54, 1.807) is 0 Å². The fourth-order valence-electron chi connectivity index (χ4n) is 2.85. The van der Waals surface area contributed by atoms with Gasteiger partial charge in [-0.1, -0.05) is 36.0 Å². The number of hydrogen-bond acceptors (Lipinski definition) is 3. The van der Waals surface area contributed by atoms with Gasteiger partial charge >= 0.3 is 5.97 Å². The number of alkyl halides is 2. The molecule has 2 heterocycles. The van der Waals surface area contributed by atoms with E-state index in [1.807, 2.05) is 0 Å². The molecule has 92 valence electrons. The molecule has 0 aromatic rings. The highest BCUT2D eigenvalue weighted by Crippen LogP contribution is 2.55. The van der Waals surface area contributed by atoms with Crippen LogP contribution in [0.2, 0.25) is 0 Å². The van der Waals surface area contributed by atoms with Gasteiger partial charge < -0.3 is 4.74 Å². The molecule has 0 aromatic carbocycles. The number of hydrogen-bond donors (Lipinski definition) is 0. The molecule has 2 fully saturated rings. The summed E-state index contributed by atoms with van der Waals surface area (Å²) in [6, 6.07) is 0.0728. The Bertz CT molecular complexity index is 428. The summed E-state index contributed by atoms with van der Waals surface area (Å²) < 4.78 is 3.50. The van der Waals surface area contributed by atoms with Gasteiger partial charge in [0.2, 0.25) is 0 Å². The number of carbonyl (C=O) groups is 2. The van der Waals surface area contributed by atoms with E-state index in [1.165, 1.54) is 17.1 Å². The molecule has 1 unspecified atom stereocenters. The Labute approximate surface area is 108 Å². The van der Waals surface area contributed by atoms with Crippen molar-refractivity contribution in [2.24, 2.45) is 0 Å². The predicted molar refractivity (Wildman–Crippen MR) is 61.5 cm³/mol. The largest absolute Gasteiger partial charge is 0.428 e. The molecule has 3 rings (SSSR count). The van der Waals surface area contributed by atoms with E-state index in [9.17, 15) is 9.59 Å². The molecule has 17 heavy (non-hydrogen) atoms. The van der Waals surface area contributed by atoms with E-state index in [2.05, 4.69) is 0 Å². The van der Waals surface area contributed by atoms with Gasteiger partial charge in [-0.3, -0.25) is 9.69 Å². The Morgan fingerprint density at radius 3 is 2.47 bits per heavy atom. The molecule has 1 saturated heterocycles. The normalized spacial score (nSPS) is 35.5. The molecule has 3 aliphatic rings. The van der Waals surface area contributed by atoms with Gasteiger partial charge in [0.1, 0.15) is 0 Å². The summed E-state index contributed by atoms with van der Waals surface area (Å²) in [6.07, 6.45) is 6.72. The summed E-state index contributed by atoms with van der Waals surface area (Å²) in [5, 5.41) is 0. The average molecular weight is 276 g/mol. The van der Waals surface area contributed by atoms with Gasteiger partial charge in [0, 0.05) is 12.1 Å². The summed E-state index contributed by atoms with van der Waals surface area (Å²) in [5.41, 5.74) is -1.28. The number of nitrogens with zero attached hydrogens (tertiary/aromatic N) is 1. The van der Waals surface area contributed by atoms with Crippen molar-refractivity contribution >= 4 is 35.1 Å². The van der Waals surface area contributed by atoms with Crippen LogP contribution in [0.15, 0.2) is 12.2 Å². The summed E-state index contributed by atoms with van der Waals surface area (Å²) in [4.78, 5) is 24.7. The number of esters is 1. The first-order valence-corrected chi connectivity index (χ1v) is 6.38. The number of amides is 1. The van der Waals surface area contributed by atoms with Crippen LogP contribution in [-0.4, -0.2) is 32.9 Å². The first-order valence-electron chi connectivity index (χ1n) is 5.63. The van der Waals surface area contributed by atoms with Crippen molar-refractivity contribution in [1.29, 1.82) is 0 Å². The highest BCUT2D eigenvalue weighted by atomic mass is 35.5. The molecule has 0 radical (unpaired) electrons. The third-order valence-corrected chi connectivity index (χ3v) is 4.55. The SMILES string of the molecule is O=C1C=CC2(O1)N(C1CCCC1)C(=O)C2(Cl)Cl. The number of ether oxygens (including phenoxy) is 1. The van der Waals surface area contributed by atoms with Crippen LogP contribution in [0.25, 0.3) is 0 Å². The first kappa shape index (κ1) is 11.4. The first-order chi connectivity index (χ1) is 7.99. The Hall–Kier alpha value is -0.740. The quantitative estimate of drug-likeness (QED) is 0.416. The molecule has 1 atom stereocenters. The van der Waals surface area contributed by atoms with Crippen molar-refractivity contribution in [1.82, 2.24) is 4.90 Å². The minimum atomic E-state index is -1.68. The maximum absolute atomic E-state index is 12.0. The molecule has 1 amide bonds. The Balaban J connectivity index is 1.96. The molecular formula is C11H11Cl2NO3. The van der Waals surface area contributed by atoms with Gasteiger partial charge in [-0.25, -0.2) is 4.79 Å². The lowest BCUT2D eigenvalue weighted by atomic mass is 9.92. The highest BCUT2D eigenvalue weighted by Gasteiger charge is 2.75. The van der Waals surface area contributed by atoms with Gasteiger partial charge in [-0.15, -0.1) is 0 Å².